The quantitative estimate of drug-likeness (QED) is 0.768. The average molecular weight is 416 g/mol. The first-order chi connectivity index (χ1) is 13.5. The van der Waals surface area contributed by atoms with Crippen molar-refractivity contribution in [1.82, 2.24) is 0 Å². The van der Waals surface area contributed by atoms with E-state index in [9.17, 15) is 9.59 Å². The minimum atomic E-state index is -0.252. The second-order valence-corrected chi connectivity index (χ2v) is 7.94. The zero-order chi connectivity index (χ0) is 19.7. The molecule has 1 atom stereocenters. The number of hydrogen-bond donors (Lipinski definition) is 0. The third-order valence-electron chi connectivity index (χ3n) is 4.41. The van der Waals surface area contributed by atoms with E-state index in [2.05, 4.69) is 4.99 Å². The molecule has 0 aromatic heterocycles. The van der Waals surface area contributed by atoms with E-state index in [-0.39, 0.29) is 31.0 Å². The second kappa shape index (κ2) is 7.85. The van der Waals surface area contributed by atoms with Crippen LogP contribution in [0.25, 0.3) is 0 Å². The minimum Gasteiger partial charge on any atom is -0.482 e. The highest BCUT2D eigenvalue weighted by Crippen LogP contribution is 2.32. The number of carbonyl (C=O) groups is 2. The Balaban J connectivity index is 1.66. The van der Waals surface area contributed by atoms with Gasteiger partial charge < -0.3 is 4.74 Å². The van der Waals surface area contributed by atoms with Crippen LogP contribution in [0.3, 0.4) is 0 Å². The molecule has 6 nitrogen and oxygen atoms in total. The van der Waals surface area contributed by atoms with Gasteiger partial charge in [0.15, 0.2) is 11.8 Å². The SMILES string of the molecule is CC1CSC(N(C(=O)CN2C(=O)COc3ccccc32)c2ccc(Cl)cc2)=N1. The molecule has 2 aromatic rings. The van der Waals surface area contributed by atoms with E-state index in [1.54, 1.807) is 41.3 Å². The van der Waals surface area contributed by atoms with Gasteiger partial charge in [-0.2, -0.15) is 0 Å². The number of amidine groups is 1. The monoisotopic (exact) mass is 415 g/mol. The first-order valence-corrected chi connectivity index (χ1v) is 10.2. The van der Waals surface area contributed by atoms with Crippen molar-refractivity contribution in [1.29, 1.82) is 0 Å². The summed E-state index contributed by atoms with van der Waals surface area (Å²) >= 11 is 7.53. The minimum absolute atomic E-state index is 0.0853. The molecule has 2 heterocycles. The van der Waals surface area contributed by atoms with E-state index in [1.807, 2.05) is 19.1 Å². The highest BCUT2D eigenvalue weighted by atomic mass is 35.5. The van der Waals surface area contributed by atoms with Crippen molar-refractivity contribution < 1.29 is 14.3 Å². The molecule has 0 fully saturated rings. The van der Waals surface area contributed by atoms with E-state index >= 15 is 0 Å². The standard InChI is InChI=1S/C20H18ClN3O3S/c1-13-12-28-20(22-13)24(15-8-6-14(21)7-9-15)18(25)10-23-16-4-2-3-5-17(16)27-11-19(23)26/h2-9,13H,10-12H2,1H3. The number of carbonyl (C=O) groups excluding carboxylic acids is 2. The number of fused-ring (bicyclic) bond motifs is 1. The highest BCUT2D eigenvalue weighted by molar-refractivity contribution is 8.14. The van der Waals surface area contributed by atoms with E-state index in [0.717, 1.165) is 5.75 Å². The number of amides is 2. The number of anilines is 2. The molecule has 0 bridgehead atoms. The molecular formula is C20H18ClN3O3S. The van der Waals surface area contributed by atoms with Gasteiger partial charge in [-0.25, -0.2) is 0 Å². The van der Waals surface area contributed by atoms with Crippen LogP contribution in [0.5, 0.6) is 5.75 Å². The Kier molecular flexibility index (Phi) is 5.28. The molecular weight excluding hydrogens is 398 g/mol. The van der Waals surface area contributed by atoms with Crippen molar-refractivity contribution >= 4 is 51.7 Å². The fourth-order valence-corrected chi connectivity index (χ4v) is 4.25. The Hall–Kier alpha value is -2.51. The number of nitrogens with zero attached hydrogens (tertiary/aromatic N) is 3. The van der Waals surface area contributed by atoms with Crippen LogP contribution in [-0.2, 0) is 9.59 Å². The van der Waals surface area contributed by atoms with Gasteiger partial charge in [-0.1, -0.05) is 35.5 Å². The lowest BCUT2D eigenvalue weighted by Crippen LogP contribution is -2.47. The van der Waals surface area contributed by atoms with Gasteiger partial charge in [-0.05, 0) is 43.3 Å². The van der Waals surface area contributed by atoms with Crippen molar-refractivity contribution in [2.75, 3.05) is 28.7 Å². The molecule has 2 aliphatic rings. The summed E-state index contributed by atoms with van der Waals surface area (Å²) in [6.07, 6.45) is 0. The summed E-state index contributed by atoms with van der Waals surface area (Å²) in [6, 6.07) is 14.4. The molecule has 2 aliphatic heterocycles. The lowest BCUT2D eigenvalue weighted by Gasteiger charge is -2.31. The van der Waals surface area contributed by atoms with Crippen LogP contribution < -0.4 is 14.5 Å². The topological polar surface area (TPSA) is 62.2 Å². The Morgan fingerprint density at radius 3 is 2.75 bits per heavy atom. The fourth-order valence-electron chi connectivity index (χ4n) is 3.07. The van der Waals surface area contributed by atoms with Crippen LogP contribution in [0.4, 0.5) is 11.4 Å². The van der Waals surface area contributed by atoms with Crippen LogP contribution in [0, 0.1) is 0 Å². The van der Waals surface area contributed by atoms with Crippen LogP contribution in [0.15, 0.2) is 53.5 Å². The van der Waals surface area contributed by atoms with Gasteiger partial charge in [0.25, 0.3) is 11.8 Å². The van der Waals surface area contributed by atoms with Gasteiger partial charge >= 0.3 is 0 Å². The van der Waals surface area contributed by atoms with Crippen LogP contribution >= 0.6 is 23.4 Å². The molecule has 28 heavy (non-hydrogen) atoms. The molecule has 0 spiro atoms. The van der Waals surface area contributed by atoms with Crippen LogP contribution in [0.2, 0.25) is 5.02 Å². The van der Waals surface area contributed by atoms with Crippen molar-refractivity contribution in [2.24, 2.45) is 4.99 Å². The highest BCUT2D eigenvalue weighted by Gasteiger charge is 2.32. The number of thioether (sulfide) groups is 1. The summed E-state index contributed by atoms with van der Waals surface area (Å²) in [5.74, 6) is 0.908. The largest absolute Gasteiger partial charge is 0.482 e. The zero-order valence-electron chi connectivity index (χ0n) is 15.2. The first kappa shape index (κ1) is 18.8. The Morgan fingerprint density at radius 1 is 1.29 bits per heavy atom. The smallest absolute Gasteiger partial charge is 0.265 e. The average Bonchev–Trinajstić information content (AvgIpc) is 3.11. The number of aliphatic imine (C=N–C) groups is 1. The summed E-state index contributed by atoms with van der Waals surface area (Å²) in [4.78, 5) is 33.4. The van der Waals surface area contributed by atoms with Gasteiger partial charge in [-0.15, -0.1) is 0 Å². The number of hydrogen-bond acceptors (Lipinski definition) is 5. The van der Waals surface area contributed by atoms with Gasteiger partial charge in [0.05, 0.1) is 17.4 Å². The van der Waals surface area contributed by atoms with E-state index < -0.39 is 0 Å². The number of rotatable bonds is 3. The number of benzene rings is 2. The summed E-state index contributed by atoms with van der Waals surface area (Å²) in [7, 11) is 0. The first-order valence-electron chi connectivity index (χ1n) is 8.84. The van der Waals surface area contributed by atoms with Crippen molar-refractivity contribution in [3.8, 4) is 5.75 Å². The second-order valence-electron chi connectivity index (χ2n) is 6.51. The maximum absolute atomic E-state index is 13.3. The van der Waals surface area contributed by atoms with Gasteiger partial charge in [0.1, 0.15) is 12.3 Å². The van der Waals surface area contributed by atoms with Crippen LogP contribution in [-0.4, -0.2) is 41.9 Å². The lowest BCUT2D eigenvalue weighted by molar-refractivity contribution is -0.124. The van der Waals surface area contributed by atoms with Gasteiger partial charge in [-0.3, -0.25) is 24.4 Å². The Labute approximate surface area is 172 Å². The molecule has 8 heteroatoms. The predicted octanol–water partition coefficient (Wildman–Crippen LogP) is 3.59. The summed E-state index contributed by atoms with van der Waals surface area (Å²) < 4.78 is 5.46. The van der Waals surface area contributed by atoms with Crippen LogP contribution in [0.1, 0.15) is 6.92 Å². The van der Waals surface area contributed by atoms with Crippen molar-refractivity contribution in [2.45, 2.75) is 13.0 Å². The van der Waals surface area contributed by atoms with E-state index in [4.69, 9.17) is 16.3 Å². The van der Waals surface area contributed by atoms with Crippen molar-refractivity contribution in [3.05, 3.63) is 53.6 Å². The van der Waals surface area contributed by atoms with Gasteiger partial charge in [0, 0.05) is 10.8 Å². The third kappa shape index (κ3) is 3.72. The maximum Gasteiger partial charge on any atom is 0.265 e. The molecule has 0 saturated carbocycles. The van der Waals surface area contributed by atoms with Crippen molar-refractivity contribution in [3.63, 3.8) is 0 Å². The number of ether oxygens (including phenoxy) is 1. The molecule has 144 valence electrons. The summed E-state index contributed by atoms with van der Waals surface area (Å²) in [5.41, 5.74) is 1.27. The molecule has 0 radical (unpaired) electrons. The maximum atomic E-state index is 13.3. The number of para-hydroxylation sites is 2. The zero-order valence-corrected chi connectivity index (χ0v) is 16.7. The molecule has 1 unspecified atom stereocenters. The molecule has 2 amide bonds. The molecule has 2 aromatic carbocycles. The number of halogens is 1. The molecule has 0 saturated heterocycles. The normalized spacial score (nSPS) is 18.4. The molecule has 0 N–H and O–H groups in total. The molecule has 0 aliphatic carbocycles. The molecule has 4 rings (SSSR count). The third-order valence-corrected chi connectivity index (χ3v) is 5.86. The summed E-state index contributed by atoms with van der Waals surface area (Å²) in [6.45, 7) is 1.82. The van der Waals surface area contributed by atoms with E-state index in [0.29, 0.717) is 27.3 Å². The van der Waals surface area contributed by atoms with E-state index in [1.165, 1.54) is 16.7 Å². The lowest BCUT2D eigenvalue weighted by atomic mass is 10.2. The predicted molar refractivity (Wildman–Crippen MR) is 113 cm³/mol. The Morgan fingerprint density at radius 2 is 2.04 bits per heavy atom. The fraction of sp³-hybridized carbons (Fsp3) is 0.250. The van der Waals surface area contributed by atoms with Gasteiger partial charge in [0.2, 0.25) is 0 Å². The Bertz CT molecular complexity index is 948. The summed E-state index contributed by atoms with van der Waals surface area (Å²) in [5, 5.41) is 1.22.